The summed E-state index contributed by atoms with van der Waals surface area (Å²) in [7, 11) is 3.91. The number of carboxylic acids is 1. The van der Waals surface area contributed by atoms with E-state index in [1.165, 1.54) is 6.07 Å². The van der Waals surface area contributed by atoms with Gasteiger partial charge < -0.3 is 10.0 Å². The van der Waals surface area contributed by atoms with Crippen molar-refractivity contribution >= 4 is 5.97 Å². The quantitative estimate of drug-likeness (QED) is 0.779. The van der Waals surface area contributed by atoms with Crippen LogP contribution >= 0.6 is 0 Å². The number of carboxylic acid groups (broad SMARTS) is 1. The largest absolute Gasteiger partial charge is 0.481 e. The molecule has 19 heavy (non-hydrogen) atoms. The molecular formula is C14H21FN2O2. The van der Waals surface area contributed by atoms with Crippen molar-refractivity contribution in [3.8, 4) is 0 Å². The number of halogens is 1. The molecular weight excluding hydrogens is 247 g/mol. The van der Waals surface area contributed by atoms with Crippen LogP contribution in [0, 0.1) is 5.82 Å². The number of aliphatic carboxylic acids is 1. The second-order valence-electron chi connectivity index (χ2n) is 4.81. The van der Waals surface area contributed by atoms with Crippen LogP contribution in [0.1, 0.15) is 12.0 Å². The summed E-state index contributed by atoms with van der Waals surface area (Å²) < 4.78 is 13.6. The van der Waals surface area contributed by atoms with Gasteiger partial charge in [0.05, 0.1) is 6.42 Å². The minimum Gasteiger partial charge on any atom is -0.481 e. The summed E-state index contributed by atoms with van der Waals surface area (Å²) in [5, 5.41) is 8.75. The summed E-state index contributed by atoms with van der Waals surface area (Å²) in [5.74, 6) is -1.07. The second-order valence-corrected chi connectivity index (χ2v) is 4.81. The molecule has 4 nitrogen and oxygen atoms in total. The molecule has 0 spiro atoms. The molecule has 1 rings (SSSR count). The van der Waals surface area contributed by atoms with Gasteiger partial charge in [-0.05, 0) is 20.2 Å². The van der Waals surface area contributed by atoms with E-state index in [4.69, 9.17) is 5.11 Å². The highest BCUT2D eigenvalue weighted by Gasteiger charge is 2.11. The number of likely N-dealkylation sites (N-methyl/N-ethyl adjacent to an activating group) is 1. The Hall–Kier alpha value is -1.46. The van der Waals surface area contributed by atoms with Crippen molar-refractivity contribution in [2.45, 2.75) is 13.0 Å². The maximum atomic E-state index is 13.6. The highest BCUT2D eigenvalue weighted by atomic mass is 19.1. The van der Waals surface area contributed by atoms with Gasteiger partial charge in [-0.1, -0.05) is 18.2 Å². The Morgan fingerprint density at radius 3 is 2.47 bits per heavy atom. The number of nitrogens with zero attached hydrogens (tertiary/aromatic N) is 2. The van der Waals surface area contributed by atoms with Gasteiger partial charge in [0.25, 0.3) is 0 Å². The Bertz CT molecular complexity index is 410. The van der Waals surface area contributed by atoms with Gasteiger partial charge in [0.1, 0.15) is 5.82 Å². The SMILES string of the molecule is CN(C)CCN(CCC(=O)O)Cc1ccccc1F. The molecule has 0 fully saturated rings. The first-order valence-corrected chi connectivity index (χ1v) is 6.31. The first-order chi connectivity index (χ1) is 8.99. The number of rotatable bonds is 8. The summed E-state index contributed by atoms with van der Waals surface area (Å²) in [6, 6.07) is 6.61. The van der Waals surface area contributed by atoms with E-state index in [1.54, 1.807) is 18.2 Å². The van der Waals surface area contributed by atoms with Crippen LogP contribution in [0.15, 0.2) is 24.3 Å². The molecule has 0 saturated carbocycles. The maximum absolute atomic E-state index is 13.6. The minimum absolute atomic E-state index is 0.0713. The molecule has 0 bridgehead atoms. The first kappa shape index (κ1) is 15.6. The molecule has 1 aromatic rings. The molecule has 1 N–H and O–H groups in total. The number of hydrogen-bond acceptors (Lipinski definition) is 3. The molecule has 5 heteroatoms. The summed E-state index contributed by atoms with van der Waals surface area (Å²) in [6.07, 6.45) is 0.0713. The number of hydrogen-bond donors (Lipinski definition) is 1. The molecule has 0 aromatic heterocycles. The molecule has 0 aliphatic heterocycles. The van der Waals surface area contributed by atoms with Crippen molar-refractivity contribution < 1.29 is 14.3 Å². The average molecular weight is 268 g/mol. The highest BCUT2D eigenvalue weighted by Crippen LogP contribution is 2.10. The summed E-state index contributed by atoms with van der Waals surface area (Å²) in [6.45, 7) is 2.40. The summed E-state index contributed by atoms with van der Waals surface area (Å²) in [4.78, 5) is 14.6. The molecule has 0 saturated heterocycles. The minimum atomic E-state index is -0.830. The van der Waals surface area contributed by atoms with Crippen molar-refractivity contribution in [2.75, 3.05) is 33.7 Å². The third kappa shape index (κ3) is 6.31. The number of benzene rings is 1. The van der Waals surface area contributed by atoms with Crippen LogP contribution in [-0.4, -0.2) is 54.6 Å². The Labute approximate surface area is 113 Å². The van der Waals surface area contributed by atoms with Gasteiger partial charge in [-0.25, -0.2) is 4.39 Å². The van der Waals surface area contributed by atoms with Crippen LogP contribution in [-0.2, 0) is 11.3 Å². The van der Waals surface area contributed by atoms with Gasteiger partial charge in [0.15, 0.2) is 0 Å². The summed E-state index contributed by atoms with van der Waals surface area (Å²) in [5.41, 5.74) is 0.603. The van der Waals surface area contributed by atoms with Gasteiger partial charge in [0.2, 0.25) is 0 Å². The zero-order valence-electron chi connectivity index (χ0n) is 11.5. The molecule has 0 aliphatic carbocycles. The van der Waals surface area contributed by atoms with Crippen LogP contribution in [0.3, 0.4) is 0 Å². The molecule has 106 valence electrons. The van der Waals surface area contributed by atoms with Gasteiger partial charge in [-0.2, -0.15) is 0 Å². The zero-order valence-corrected chi connectivity index (χ0v) is 11.5. The van der Waals surface area contributed by atoms with E-state index in [0.717, 1.165) is 6.54 Å². The van der Waals surface area contributed by atoms with Crippen LogP contribution in [0.2, 0.25) is 0 Å². The van der Waals surface area contributed by atoms with Crippen LogP contribution in [0.5, 0.6) is 0 Å². The van der Waals surface area contributed by atoms with E-state index < -0.39 is 5.97 Å². The lowest BCUT2D eigenvalue weighted by Gasteiger charge is -2.23. The van der Waals surface area contributed by atoms with Crippen molar-refractivity contribution in [2.24, 2.45) is 0 Å². The topological polar surface area (TPSA) is 43.8 Å². The van der Waals surface area contributed by atoms with Gasteiger partial charge in [-0.15, -0.1) is 0 Å². The Balaban J connectivity index is 2.62. The van der Waals surface area contributed by atoms with E-state index in [9.17, 15) is 9.18 Å². The normalized spacial score (nSPS) is 11.2. The molecule has 0 amide bonds. The Morgan fingerprint density at radius 2 is 1.89 bits per heavy atom. The fourth-order valence-corrected chi connectivity index (χ4v) is 1.73. The van der Waals surface area contributed by atoms with Crippen molar-refractivity contribution in [3.05, 3.63) is 35.6 Å². The number of carbonyl (C=O) groups is 1. The molecule has 0 aliphatic rings. The second kappa shape index (κ2) is 7.86. The Kier molecular flexibility index (Phi) is 6.45. The van der Waals surface area contributed by atoms with E-state index >= 15 is 0 Å². The monoisotopic (exact) mass is 268 g/mol. The van der Waals surface area contributed by atoms with Crippen molar-refractivity contribution in [1.82, 2.24) is 9.80 Å². The fraction of sp³-hybridized carbons (Fsp3) is 0.500. The lowest BCUT2D eigenvalue weighted by Crippen LogP contribution is -2.33. The first-order valence-electron chi connectivity index (χ1n) is 6.31. The molecule has 0 atom stereocenters. The van der Waals surface area contributed by atoms with E-state index in [0.29, 0.717) is 25.2 Å². The molecule has 0 unspecified atom stereocenters. The highest BCUT2D eigenvalue weighted by molar-refractivity contribution is 5.66. The predicted molar refractivity (Wildman–Crippen MR) is 72.5 cm³/mol. The van der Waals surface area contributed by atoms with Gasteiger partial charge >= 0.3 is 5.97 Å². The maximum Gasteiger partial charge on any atom is 0.304 e. The Morgan fingerprint density at radius 1 is 1.21 bits per heavy atom. The van der Waals surface area contributed by atoms with Gasteiger partial charge in [-0.3, -0.25) is 9.69 Å². The van der Waals surface area contributed by atoms with Crippen LogP contribution < -0.4 is 0 Å². The lowest BCUT2D eigenvalue weighted by atomic mass is 10.2. The van der Waals surface area contributed by atoms with E-state index in [1.807, 2.05) is 23.9 Å². The van der Waals surface area contributed by atoms with Crippen LogP contribution in [0.25, 0.3) is 0 Å². The molecule has 0 radical (unpaired) electrons. The van der Waals surface area contributed by atoms with Crippen LogP contribution in [0.4, 0.5) is 4.39 Å². The van der Waals surface area contributed by atoms with E-state index in [2.05, 4.69) is 0 Å². The molecule has 0 heterocycles. The predicted octanol–water partition coefficient (Wildman–Crippen LogP) is 1.66. The van der Waals surface area contributed by atoms with Crippen molar-refractivity contribution in [1.29, 1.82) is 0 Å². The smallest absolute Gasteiger partial charge is 0.304 e. The lowest BCUT2D eigenvalue weighted by molar-refractivity contribution is -0.137. The third-order valence-corrected chi connectivity index (χ3v) is 2.86. The fourth-order valence-electron chi connectivity index (χ4n) is 1.73. The van der Waals surface area contributed by atoms with E-state index in [-0.39, 0.29) is 12.2 Å². The molecule has 1 aromatic carbocycles. The standard InChI is InChI=1S/C14H21FN2O2/c1-16(2)9-10-17(8-7-14(18)19)11-12-5-3-4-6-13(12)15/h3-6H,7-11H2,1-2H3,(H,18,19). The van der Waals surface area contributed by atoms with Crippen molar-refractivity contribution in [3.63, 3.8) is 0 Å². The third-order valence-electron chi connectivity index (χ3n) is 2.86. The average Bonchev–Trinajstić information content (AvgIpc) is 2.34. The zero-order chi connectivity index (χ0) is 14.3. The van der Waals surface area contributed by atoms with Gasteiger partial charge in [0, 0.05) is 31.7 Å². The summed E-state index contributed by atoms with van der Waals surface area (Å²) >= 11 is 0.